The van der Waals surface area contributed by atoms with E-state index in [0.29, 0.717) is 13.0 Å². The van der Waals surface area contributed by atoms with Crippen molar-refractivity contribution in [2.75, 3.05) is 13.7 Å². The predicted molar refractivity (Wildman–Crippen MR) is 121 cm³/mol. The van der Waals surface area contributed by atoms with Crippen LogP contribution in [0.2, 0.25) is 0 Å². The number of benzene rings is 3. The zero-order valence-corrected chi connectivity index (χ0v) is 18.1. The number of aromatic nitrogens is 1. The smallest absolute Gasteiger partial charge is 0.333 e. The Hall–Kier alpha value is -2.83. The summed E-state index contributed by atoms with van der Waals surface area (Å²) in [5, 5.41) is 11.6. The summed E-state index contributed by atoms with van der Waals surface area (Å²) in [5.41, 5.74) is 3.26. The van der Waals surface area contributed by atoms with E-state index in [1.54, 1.807) is 0 Å². The van der Waals surface area contributed by atoms with E-state index in [-0.39, 0.29) is 0 Å². The molecule has 5 nitrogen and oxygen atoms in total. The van der Waals surface area contributed by atoms with E-state index in [9.17, 15) is 4.79 Å². The molecule has 4 rings (SSSR count). The minimum Gasteiger partial charge on any atom is -0.492 e. The summed E-state index contributed by atoms with van der Waals surface area (Å²) >= 11 is 3.57. The van der Waals surface area contributed by atoms with Gasteiger partial charge >= 0.3 is 5.97 Å². The second-order valence-electron chi connectivity index (χ2n) is 7.09. The highest BCUT2D eigenvalue weighted by Crippen LogP contribution is 2.31. The largest absolute Gasteiger partial charge is 0.492 e. The molecule has 0 radical (unpaired) electrons. The van der Waals surface area contributed by atoms with Gasteiger partial charge in [-0.2, -0.15) is 0 Å². The van der Waals surface area contributed by atoms with E-state index in [2.05, 4.69) is 63.0 Å². The number of carboxylic acids is 1. The number of nitrogens with zero attached hydrogens (tertiary/aromatic N) is 1. The van der Waals surface area contributed by atoms with Gasteiger partial charge in [0.25, 0.3) is 0 Å². The number of carboxylic acid groups (broad SMARTS) is 1. The Morgan fingerprint density at radius 2 is 1.77 bits per heavy atom. The van der Waals surface area contributed by atoms with Crippen LogP contribution in [0.5, 0.6) is 5.75 Å². The monoisotopic (exact) mass is 467 g/mol. The first-order chi connectivity index (χ1) is 14.6. The number of hydrogen-bond acceptors (Lipinski definition) is 3. The van der Waals surface area contributed by atoms with Gasteiger partial charge in [-0.1, -0.05) is 46.3 Å². The maximum absolute atomic E-state index is 11.1. The third kappa shape index (κ3) is 4.20. The molecule has 0 spiro atoms. The molecular formula is C24H22BrNO4. The van der Waals surface area contributed by atoms with E-state index in [1.807, 2.05) is 24.3 Å². The molecule has 0 unspecified atom stereocenters. The lowest BCUT2D eigenvalue weighted by atomic mass is 10.1. The van der Waals surface area contributed by atoms with Crippen LogP contribution in [0.25, 0.3) is 21.8 Å². The Bertz CT molecular complexity index is 1180. The van der Waals surface area contributed by atoms with Crippen LogP contribution in [-0.2, 0) is 22.5 Å². The molecule has 6 heteroatoms. The number of fused-ring (bicyclic) bond motifs is 3. The third-order valence-electron chi connectivity index (χ3n) is 5.22. The van der Waals surface area contributed by atoms with Crippen molar-refractivity contribution >= 4 is 43.7 Å². The number of methoxy groups -OCH3 is 1. The normalized spacial score (nSPS) is 12.3. The van der Waals surface area contributed by atoms with Crippen molar-refractivity contribution in [2.45, 2.75) is 19.1 Å². The molecule has 154 valence electrons. The standard InChI is InChI=1S/C24H22BrNO4/c1-29-23(24(27)28)14-16-6-9-18(10-7-16)30-13-12-26-21-5-3-2-4-19(21)20-15-17(25)8-11-22(20)26/h2-11,15,23H,12-14H2,1H3,(H,27,28)/t23-/m0/s1. The maximum atomic E-state index is 11.1. The zero-order valence-electron chi connectivity index (χ0n) is 16.5. The molecule has 4 aromatic rings. The van der Waals surface area contributed by atoms with E-state index >= 15 is 0 Å². The summed E-state index contributed by atoms with van der Waals surface area (Å²) in [6.07, 6.45) is -0.518. The fraction of sp³-hybridized carbons (Fsp3) is 0.208. The predicted octanol–water partition coefficient (Wildman–Crippen LogP) is 5.28. The van der Waals surface area contributed by atoms with Crippen LogP contribution < -0.4 is 4.74 Å². The van der Waals surface area contributed by atoms with Gasteiger partial charge in [0.1, 0.15) is 12.4 Å². The van der Waals surface area contributed by atoms with Crippen LogP contribution in [0.1, 0.15) is 5.56 Å². The maximum Gasteiger partial charge on any atom is 0.333 e. The lowest BCUT2D eigenvalue weighted by molar-refractivity contribution is -0.148. The van der Waals surface area contributed by atoms with Crippen molar-refractivity contribution in [3.63, 3.8) is 0 Å². The highest BCUT2D eigenvalue weighted by atomic mass is 79.9. The summed E-state index contributed by atoms with van der Waals surface area (Å²) in [6, 6.07) is 22.2. The Morgan fingerprint density at radius 3 is 2.50 bits per heavy atom. The van der Waals surface area contributed by atoms with Crippen molar-refractivity contribution in [3.05, 3.63) is 76.8 Å². The number of carbonyl (C=O) groups is 1. The molecule has 0 fully saturated rings. The molecule has 0 amide bonds. The highest BCUT2D eigenvalue weighted by Gasteiger charge is 2.16. The number of ether oxygens (including phenoxy) is 2. The molecule has 0 saturated carbocycles. The summed E-state index contributed by atoms with van der Waals surface area (Å²) in [7, 11) is 1.41. The van der Waals surface area contributed by atoms with Crippen molar-refractivity contribution in [2.24, 2.45) is 0 Å². The van der Waals surface area contributed by atoms with Crippen LogP contribution in [-0.4, -0.2) is 35.5 Å². The summed E-state index contributed by atoms with van der Waals surface area (Å²) in [4.78, 5) is 11.1. The molecule has 0 saturated heterocycles. The molecule has 1 N–H and O–H groups in total. The lowest BCUT2D eigenvalue weighted by Crippen LogP contribution is -2.24. The van der Waals surface area contributed by atoms with E-state index in [0.717, 1.165) is 22.3 Å². The third-order valence-corrected chi connectivity index (χ3v) is 5.72. The molecular weight excluding hydrogens is 446 g/mol. The molecule has 3 aromatic carbocycles. The Kier molecular flexibility index (Phi) is 6.06. The number of rotatable bonds is 8. The Morgan fingerprint density at radius 1 is 1.03 bits per heavy atom. The topological polar surface area (TPSA) is 60.7 Å². The van der Waals surface area contributed by atoms with Crippen LogP contribution in [0.4, 0.5) is 0 Å². The summed E-state index contributed by atoms with van der Waals surface area (Å²) < 4.78 is 14.3. The molecule has 0 aliphatic carbocycles. The average molecular weight is 468 g/mol. The average Bonchev–Trinajstić information content (AvgIpc) is 3.06. The fourth-order valence-corrected chi connectivity index (χ4v) is 4.09. The summed E-state index contributed by atoms with van der Waals surface area (Å²) in [5.74, 6) is -0.206. The van der Waals surface area contributed by atoms with E-state index < -0.39 is 12.1 Å². The minimum atomic E-state index is -0.962. The first-order valence-corrected chi connectivity index (χ1v) is 10.5. The first-order valence-electron chi connectivity index (χ1n) is 9.70. The van der Waals surface area contributed by atoms with Gasteiger partial charge in [0.05, 0.1) is 6.54 Å². The van der Waals surface area contributed by atoms with Crippen molar-refractivity contribution in [3.8, 4) is 5.75 Å². The zero-order chi connectivity index (χ0) is 21.1. The van der Waals surface area contributed by atoms with Gasteiger partial charge in [-0.15, -0.1) is 0 Å². The number of aliphatic carboxylic acids is 1. The van der Waals surface area contributed by atoms with Crippen molar-refractivity contribution in [1.29, 1.82) is 0 Å². The van der Waals surface area contributed by atoms with Gasteiger partial charge in [0.2, 0.25) is 0 Å². The molecule has 0 aliphatic rings. The van der Waals surface area contributed by atoms with Gasteiger partial charge in [-0.05, 0) is 42.0 Å². The molecule has 30 heavy (non-hydrogen) atoms. The van der Waals surface area contributed by atoms with Crippen LogP contribution >= 0.6 is 15.9 Å². The highest BCUT2D eigenvalue weighted by molar-refractivity contribution is 9.10. The fourth-order valence-electron chi connectivity index (χ4n) is 3.73. The number of hydrogen-bond donors (Lipinski definition) is 1. The van der Waals surface area contributed by atoms with Gasteiger partial charge in [-0.3, -0.25) is 0 Å². The van der Waals surface area contributed by atoms with Gasteiger partial charge in [-0.25, -0.2) is 4.79 Å². The molecule has 0 aliphatic heterocycles. The van der Waals surface area contributed by atoms with Crippen molar-refractivity contribution < 1.29 is 19.4 Å². The number of halogens is 1. The van der Waals surface area contributed by atoms with Gasteiger partial charge in [0.15, 0.2) is 6.10 Å². The van der Waals surface area contributed by atoms with Gasteiger partial charge in [0, 0.05) is 39.8 Å². The molecule has 1 heterocycles. The van der Waals surface area contributed by atoms with Crippen LogP contribution in [0, 0.1) is 0 Å². The quantitative estimate of drug-likeness (QED) is 0.383. The minimum absolute atomic E-state index is 0.322. The number of para-hydroxylation sites is 1. The SMILES string of the molecule is CO[C@@H](Cc1ccc(OCCn2c3ccccc3c3cc(Br)ccc32)cc1)C(=O)O. The summed E-state index contributed by atoms with van der Waals surface area (Å²) in [6.45, 7) is 1.25. The molecule has 0 bridgehead atoms. The van der Waals surface area contributed by atoms with Crippen molar-refractivity contribution in [1.82, 2.24) is 4.57 Å². The molecule has 1 atom stereocenters. The van der Waals surface area contributed by atoms with E-state index in [4.69, 9.17) is 14.6 Å². The molecule has 1 aromatic heterocycles. The van der Waals surface area contributed by atoms with Gasteiger partial charge < -0.3 is 19.1 Å². The second kappa shape index (κ2) is 8.90. The Balaban J connectivity index is 1.47. The Labute approximate surface area is 183 Å². The van der Waals surface area contributed by atoms with Crippen LogP contribution in [0.15, 0.2) is 71.2 Å². The van der Waals surface area contributed by atoms with Crippen LogP contribution in [0.3, 0.4) is 0 Å². The second-order valence-corrected chi connectivity index (χ2v) is 8.01. The first kappa shape index (κ1) is 20.4. The van der Waals surface area contributed by atoms with E-state index in [1.165, 1.54) is 28.9 Å². The lowest BCUT2D eigenvalue weighted by Gasteiger charge is -2.12.